The highest BCUT2D eigenvalue weighted by molar-refractivity contribution is 7.11. The number of ether oxygens (including phenoxy) is 1. The Bertz CT molecular complexity index is 796. The average Bonchev–Trinajstić information content (AvgIpc) is 3.10. The maximum atomic E-state index is 10.9. The smallest absolute Gasteiger partial charge is 0.178 e. The van der Waals surface area contributed by atoms with E-state index in [-0.39, 0.29) is 0 Å². The Labute approximate surface area is 139 Å². The molecule has 0 aliphatic rings. The largest absolute Gasteiger partial charge is 0.488 e. The molecule has 3 nitrogen and oxygen atoms in total. The number of hydrogen-bond acceptors (Lipinski definition) is 4. The van der Waals surface area contributed by atoms with Crippen LogP contribution in [0.5, 0.6) is 5.75 Å². The molecule has 23 heavy (non-hydrogen) atoms. The van der Waals surface area contributed by atoms with Gasteiger partial charge in [-0.3, -0.25) is 4.79 Å². The molecule has 0 radical (unpaired) electrons. The standard InChI is InChI=1S/C19H17NO2S/c1-2-14-8-9-18(22-12-15-6-4-3-5-7-15)16(10-14)17-13-23-19(11-21)20-17/h3-11,13H,2,12H2,1H3. The molecule has 0 unspecified atom stereocenters. The number of nitrogens with zero attached hydrogens (tertiary/aromatic N) is 1. The van der Waals surface area contributed by atoms with Gasteiger partial charge in [0.2, 0.25) is 0 Å². The molecule has 4 heteroatoms. The van der Waals surface area contributed by atoms with Crippen LogP contribution in [0.15, 0.2) is 53.9 Å². The maximum absolute atomic E-state index is 10.9. The lowest BCUT2D eigenvalue weighted by molar-refractivity contribution is 0.112. The summed E-state index contributed by atoms with van der Waals surface area (Å²) in [4.78, 5) is 15.2. The van der Waals surface area contributed by atoms with Gasteiger partial charge < -0.3 is 4.74 Å². The van der Waals surface area contributed by atoms with Crippen molar-refractivity contribution in [3.8, 4) is 17.0 Å². The monoisotopic (exact) mass is 323 g/mol. The first-order valence-electron chi connectivity index (χ1n) is 7.51. The van der Waals surface area contributed by atoms with Crippen LogP contribution in [-0.4, -0.2) is 11.3 Å². The molecule has 0 N–H and O–H groups in total. The first-order chi connectivity index (χ1) is 11.3. The zero-order chi connectivity index (χ0) is 16.1. The molecule has 0 bridgehead atoms. The topological polar surface area (TPSA) is 39.2 Å². The molecule has 1 heterocycles. The predicted molar refractivity (Wildman–Crippen MR) is 93.1 cm³/mol. The van der Waals surface area contributed by atoms with Crippen molar-refractivity contribution in [1.29, 1.82) is 0 Å². The highest BCUT2D eigenvalue weighted by atomic mass is 32.1. The van der Waals surface area contributed by atoms with E-state index >= 15 is 0 Å². The molecule has 0 saturated heterocycles. The summed E-state index contributed by atoms with van der Waals surface area (Å²) in [6.45, 7) is 2.62. The molecule has 0 atom stereocenters. The van der Waals surface area contributed by atoms with Crippen molar-refractivity contribution in [1.82, 2.24) is 4.98 Å². The SMILES string of the molecule is CCc1ccc(OCc2ccccc2)c(-c2csc(C=O)n2)c1. The van der Waals surface area contributed by atoms with E-state index in [0.29, 0.717) is 11.6 Å². The van der Waals surface area contributed by atoms with E-state index in [0.717, 1.165) is 35.3 Å². The van der Waals surface area contributed by atoms with E-state index in [1.54, 1.807) is 0 Å². The molecule has 0 amide bonds. The number of thiazole rings is 1. The number of carbonyl (C=O) groups is 1. The molecule has 116 valence electrons. The number of aromatic nitrogens is 1. The maximum Gasteiger partial charge on any atom is 0.178 e. The second kappa shape index (κ2) is 7.20. The molecule has 1 aromatic heterocycles. The van der Waals surface area contributed by atoms with Gasteiger partial charge in [0.15, 0.2) is 11.3 Å². The fourth-order valence-electron chi connectivity index (χ4n) is 2.32. The molecular weight excluding hydrogens is 306 g/mol. The van der Waals surface area contributed by atoms with Crippen molar-refractivity contribution in [3.05, 3.63) is 70.0 Å². The average molecular weight is 323 g/mol. The van der Waals surface area contributed by atoms with Crippen LogP contribution in [-0.2, 0) is 13.0 Å². The van der Waals surface area contributed by atoms with Crippen molar-refractivity contribution in [3.63, 3.8) is 0 Å². The van der Waals surface area contributed by atoms with Gasteiger partial charge in [-0.25, -0.2) is 4.98 Å². The Morgan fingerprint density at radius 3 is 2.65 bits per heavy atom. The highest BCUT2D eigenvalue weighted by Gasteiger charge is 2.11. The van der Waals surface area contributed by atoms with Crippen LogP contribution in [0.2, 0.25) is 0 Å². The normalized spacial score (nSPS) is 10.5. The molecule has 3 rings (SSSR count). The number of rotatable bonds is 6. The van der Waals surface area contributed by atoms with E-state index in [1.807, 2.05) is 41.8 Å². The zero-order valence-corrected chi connectivity index (χ0v) is 13.7. The number of hydrogen-bond donors (Lipinski definition) is 0. The van der Waals surface area contributed by atoms with Crippen molar-refractivity contribution in [2.75, 3.05) is 0 Å². The number of carbonyl (C=O) groups excluding carboxylic acids is 1. The van der Waals surface area contributed by atoms with Crippen LogP contribution in [0.4, 0.5) is 0 Å². The predicted octanol–water partition coefficient (Wildman–Crippen LogP) is 4.76. The second-order valence-corrected chi connectivity index (χ2v) is 6.04. The first kappa shape index (κ1) is 15.4. The fourth-order valence-corrected chi connectivity index (χ4v) is 2.94. The third kappa shape index (κ3) is 3.66. The van der Waals surface area contributed by atoms with E-state index < -0.39 is 0 Å². The summed E-state index contributed by atoms with van der Waals surface area (Å²) in [7, 11) is 0. The lowest BCUT2D eigenvalue weighted by Crippen LogP contribution is -1.98. The van der Waals surface area contributed by atoms with E-state index in [9.17, 15) is 4.79 Å². The minimum absolute atomic E-state index is 0.482. The highest BCUT2D eigenvalue weighted by Crippen LogP contribution is 2.32. The number of benzene rings is 2. The van der Waals surface area contributed by atoms with Crippen LogP contribution in [0.25, 0.3) is 11.3 Å². The minimum Gasteiger partial charge on any atom is -0.488 e. The van der Waals surface area contributed by atoms with Gasteiger partial charge in [-0.1, -0.05) is 43.3 Å². The summed E-state index contributed by atoms with van der Waals surface area (Å²) >= 11 is 1.35. The fraction of sp³-hybridized carbons (Fsp3) is 0.158. The summed E-state index contributed by atoms with van der Waals surface area (Å²) in [5.41, 5.74) is 4.05. The van der Waals surface area contributed by atoms with Gasteiger partial charge in [0, 0.05) is 10.9 Å². The lowest BCUT2D eigenvalue weighted by Gasteiger charge is -2.12. The van der Waals surface area contributed by atoms with Gasteiger partial charge >= 0.3 is 0 Å². The minimum atomic E-state index is 0.482. The molecule has 0 aliphatic heterocycles. The van der Waals surface area contributed by atoms with E-state index in [2.05, 4.69) is 24.0 Å². The van der Waals surface area contributed by atoms with Gasteiger partial charge in [-0.05, 0) is 29.7 Å². The van der Waals surface area contributed by atoms with Crippen molar-refractivity contribution >= 4 is 17.6 Å². The van der Waals surface area contributed by atoms with Gasteiger partial charge in [0.25, 0.3) is 0 Å². The molecule has 0 fully saturated rings. The number of aryl methyl sites for hydroxylation is 1. The summed E-state index contributed by atoms with van der Waals surface area (Å²) in [6, 6.07) is 16.2. The third-order valence-electron chi connectivity index (χ3n) is 3.59. The summed E-state index contributed by atoms with van der Waals surface area (Å²) in [5.74, 6) is 0.786. The van der Waals surface area contributed by atoms with Crippen LogP contribution in [0.1, 0.15) is 27.9 Å². The summed E-state index contributed by atoms with van der Waals surface area (Å²) in [6.07, 6.45) is 1.72. The van der Waals surface area contributed by atoms with Gasteiger partial charge in [0.05, 0.1) is 5.69 Å². The molecule has 0 saturated carbocycles. The molecule has 2 aromatic carbocycles. The van der Waals surface area contributed by atoms with Crippen molar-refractivity contribution in [2.45, 2.75) is 20.0 Å². The summed E-state index contributed by atoms with van der Waals surface area (Å²) in [5, 5.41) is 2.38. The molecule has 0 aliphatic carbocycles. The van der Waals surface area contributed by atoms with E-state index in [4.69, 9.17) is 4.74 Å². The van der Waals surface area contributed by atoms with Gasteiger partial charge in [0.1, 0.15) is 12.4 Å². The Kier molecular flexibility index (Phi) is 4.83. The van der Waals surface area contributed by atoms with Gasteiger partial charge in [-0.15, -0.1) is 11.3 Å². The van der Waals surface area contributed by atoms with E-state index in [1.165, 1.54) is 16.9 Å². The van der Waals surface area contributed by atoms with Crippen molar-refractivity contribution < 1.29 is 9.53 Å². The number of aldehydes is 1. The van der Waals surface area contributed by atoms with Crippen LogP contribution >= 0.6 is 11.3 Å². The van der Waals surface area contributed by atoms with Crippen LogP contribution < -0.4 is 4.74 Å². The molecule has 0 spiro atoms. The quantitative estimate of drug-likeness (QED) is 0.614. The molecule has 3 aromatic rings. The zero-order valence-electron chi connectivity index (χ0n) is 12.9. The third-order valence-corrected chi connectivity index (χ3v) is 4.36. The Morgan fingerprint density at radius 2 is 1.96 bits per heavy atom. The Morgan fingerprint density at radius 1 is 1.13 bits per heavy atom. The Balaban J connectivity index is 1.91. The summed E-state index contributed by atoms with van der Waals surface area (Å²) < 4.78 is 6.00. The lowest BCUT2D eigenvalue weighted by atomic mass is 10.1. The van der Waals surface area contributed by atoms with Crippen molar-refractivity contribution in [2.24, 2.45) is 0 Å². The van der Waals surface area contributed by atoms with Gasteiger partial charge in [-0.2, -0.15) is 0 Å². The Hall–Kier alpha value is -2.46. The second-order valence-electron chi connectivity index (χ2n) is 5.15. The van der Waals surface area contributed by atoms with Crippen LogP contribution in [0, 0.1) is 0 Å². The van der Waals surface area contributed by atoms with Crippen LogP contribution in [0.3, 0.4) is 0 Å². The molecular formula is C19H17NO2S. The first-order valence-corrected chi connectivity index (χ1v) is 8.39.